The normalized spacial score (nSPS) is 10.2. The van der Waals surface area contributed by atoms with Crippen molar-refractivity contribution in [3.05, 3.63) is 64.7 Å². The van der Waals surface area contributed by atoms with Gasteiger partial charge in [0.1, 0.15) is 0 Å². The van der Waals surface area contributed by atoms with E-state index in [2.05, 4.69) is 5.32 Å². The molecule has 0 unspecified atom stereocenters. The van der Waals surface area contributed by atoms with E-state index in [0.717, 1.165) is 22.4 Å². The average molecular weight is 270 g/mol. The second-order valence-electron chi connectivity index (χ2n) is 4.78. The number of amides is 1. The number of nitrogens with one attached hydrogen (secondary N) is 2. The minimum absolute atomic E-state index is 0.445. The van der Waals surface area contributed by atoms with Crippen molar-refractivity contribution in [1.82, 2.24) is 5.48 Å². The summed E-state index contributed by atoms with van der Waals surface area (Å²) in [5.41, 5.74) is 5.96. The van der Waals surface area contributed by atoms with Crippen LogP contribution in [0.3, 0.4) is 0 Å². The smallest absolute Gasteiger partial charge is 0.276 e. The van der Waals surface area contributed by atoms with Crippen molar-refractivity contribution < 1.29 is 10.0 Å². The zero-order chi connectivity index (χ0) is 14.5. The van der Waals surface area contributed by atoms with Gasteiger partial charge in [0.15, 0.2) is 0 Å². The Morgan fingerprint density at radius 2 is 1.85 bits per heavy atom. The number of benzene rings is 2. The van der Waals surface area contributed by atoms with E-state index in [4.69, 9.17) is 5.21 Å². The largest absolute Gasteiger partial charge is 0.380 e. The molecule has 0 bridgehead atoms. The molecule has 4 heteroatoms. The lowest BCUT2D eigenvalue weighted by molar-refractivity contribution is 0.0707. The van der Waals surface area contributed by atoms with Gasteiger partial charge in [0, 0.05) is 6.54 Å². The number of anilines is 1. The lowest BCUT2D eigenvalue weighted by atomic mass is 10.0. The van der Waals surface area contributed by atoms with Crippen molar-refractivity contribution in [2.45, 2.75) is 20.4 Å². The van der Waals surface area contributed by atoms with Gasteiger partial charge in [0.05, 0.1) is 11.3 Å². The van der Waals surface area contributed by atoms with Gasteiger partial charge >= 0.3 is 0 Å². The molecule has 3 N–H and O–H groups in total. The zero-order valence-corrected chi connectivity index (χ0v) is 11.6. The Labute approximate surface area is 118 Å². The van der Waals surface area contributed by atoms with Crippen molar-refractivity contribution in [2.75, 3.05) is 5.32 Å². The summed E-state index contributed by atoms with van der Waals surface area (Å²) >= 11 is 0. The van der Waals surface area contributed by atoms with Gasteiger partial charge in [-0.15, -0.1) is 0 Å². The number of hydrogen-bond acceptors (Lipinski definition) is 3. The summed E-state index contributed by atoms with van der Waals surface area (Å²) in [6.45, 7) is 4.48. The summed E-state index contributed by atoms with van der Waals surface area (Å²) in [6.07, 6.45) is 0. The summed E-state index contributed by atoms with van der Waals surface area (Å²) in [6, 6.07) is 13.7. The lowest BCUT2D eigenvalue weighted by Gasteiger charge is -2.15. The fraction of sp³-hybridized carbons (Fsp3) is 0.188. The molecule has 0 aromatic heterocycles. The third-order valence-electron chi connectivity index (χ3n) is 3.14. The maximum absolute atomic E-state index is 11.7. The van der Waals surface area contributed by atoms with Crippen LogP contribution in [0.4, 0.5) is 5.69 Å². The first-order valence-electron chi connectivity index (χ1n) is 6.45. The van der Waals surface area contributed by atoms with Crippen molar-refractivity contribution in [3.8, 4) is 0 Å². The molecule has 0 atom stereocenters. The summed E-state index contributed by atoms with van der Waals surface area (Å²) in [5, 5.41) is 12.1. The van der Waals surface area contributed by atoms with Crippen LogP contribution in [0.25, 0.3) is 0 Å². The van der Waals surface area contributed by atoms with E-state index >= 15 is 0 Å². The second kappa shape index (κ2) is 6.21. The van der Waals surface area contributed by atoms with Gasteiger partial charge in [0.2, 0.25) is 0 Å². The quantitative estimate of drug-likeness (QED) is 0.591. The molecule has 0 saturated heterocycles. The van der Waals surface area contributed by atoms with Gasteiger partial charge in [-0.3, -0.25) is 10.0 Å². The van der Waals surface area contributed by atoms with E-state index in [9.17, 15) is 4.79 Å². The molecule has 2 aromatic carbocycles. The molecule has 0 radical (unpaired) electrons. The summed E-state index contributed by atoms with van der Waals surface area (Å²) < 4.78 is 0. The molecule has 2 aromatic rings. The number of hydroxylamine groups is 1. The van der Waals surface area contributed by atoms with Crippen molar-refractivity contribution in [2.24, 2.45) is 0 Å². The highest BCUT2D eigenvalue weighted by Gasteiger charge is 2.13. The Hall–Kier alpha value is -2.33. The highest BCUT2D eigenvalue weighted by molar-refractivity contribution is 5.99. The molecule has 20 heavy (non-hydrogen) atoms. The van der Waals surface area contributed by atoms with Gasteiger partial charge in [-0.25, -0.2) is 5.48 Å². The summed E-state index contributed by atoms with van der Waals surface area (Å²) in [7, 11) is 0. The Morgan fingerprint density at radius 3 is 2.50 bits per heavy atom. The van der Waals surface area contributed by atoms with Crippen LogP contribution in [0.5, 0.6) is 0 Å². The van der Waals surface area contributed by atoms with Crippen LogP contribution in [-0.2, 0) is 6.54 Å². The van der Waals surface area contributed by atoms with Crippen LogP contribution in [0.2, 0.25) is 0 Å². The first-order chi connectivity index (χ1) is 9.61. The first kappa shape index (κ1) is 14.1. The molecule has 0 aliphatic rings. The summed E-state index contributed by atoms with van der Waals surface area (Å²) in [5.74, 6) is -0.507. The van der Waals surface area contributed by atoms with Crippen LogP contribution >= 0.6 is 0 Å². The Morgan fingerprint density at radius 1 is 1.15 bits per heavy atom. The van der Waals surface area contributed by atoms with E-state index in [1.54, 1.807) is 11.5 Å². The topological polar surface area (TPSA) is 61.4 Å². The Bertz CT molecular complexity index is 609. The number of aryl methyl sites for hydroxylation is 2. The standard InChI is InChI=1S/C16H18N2O2/c1-11-8-12(2)15(14(9-11)16(19)18-20)17-10-13-6-4-3-5-7-13/h3-9,17,20H,10H2,1-2H3,(H,18,19). The Balaban J connectivity index is 2.28. The van der Waals surface area contributed by atoms with Crippen molar-refractivity contribution in [3.63, 3.8) is 0 Å². The zero-order valence-electron chi connectivity index (χ0n) is 11.6. The first-order valence-corrected chi connectivity index (χ1v) is 6.45. The van der Waals surface area contributed by atoms with Crippen LogP contribution in [0.15, 0.2) is 42.5 Å². The van der Waals surface area contributed by atoms with Crippen molar-refractivity contribution >= 4 is 11.6 Å². The molecule has 2 rings (SSSR count). The van der Waals surface area contributed by atoms with Crippen LogP contribution in [0.1, 0.15) is 27.0 Å². The van der Waals surface area contributed by atoms with E-state index in [0.29, 0.717) is 12.1 Å². The number of rotatable bonds is 4. The fourth-order valence-corrected chi connectivity index (χ4v) is 2.23. The predicted octanol–water partition coefficient (Wildman–Crippen LogP) is 3.03. The molecular weight excluding hydrogens is 252 g/mol. The molecule has 0 saturated carbocycles. The molecule has 0 aliphatic carbocycles. The molecule has 0 spiro atoms. The molecule has 104 valence electrons. The minimum Gasteiger partial charge on any atom is -0.380 e. The van der Waals surface area contributed by atoms with Gasteiger partial charge < -0.3 is 5.32 Å². The minimum atomic E-state index is -0.507. The van der Waals surface area contributed by atoms with E-state index in [1.165, 1.54) is 0 Å². The molecule has 1 amide bonds. The van der Waals surface area contributed by atoms with Crippen LogP contribution in [-0.4, -0.2) is 11.1 Å². The van der Waals surface area contributed by atoms with Gasteiger partial charge in [-0.05, 0) is 36.6 Å². The van der Waals surface area contributed by atoms with E-state index < -0.39 is 5.91 Å². The molecule has 4 nitrogen and oxygen atoms in total. The third-order valence-corrected chi connectivity index (χ3v) is 3.14. The monoisotopic (exact) mass is 270 g/mol. The predicted molar refractivity (Wildman–Crippen MR) is 78.9 cm³/mol. The maximum atomic E-state index is 11.7. The maximum Gasteiger partial charge on any atom is 0.276 e. The van der Waals surface area contributed by atoms with Crippen LogP contribution in [0, 0.1) is 13.8 Å². The SMILES string of the molecule is Cc1cc(C)c(NCc2ccccc2)c(C(=O)NO)c1. The van der Waals surface area contributed by atoms with Gasteiger partial charge in [-0.2, -0.15) is 0 Å². The van der Waals surface area contributed by atoms with Crippen molar-refractivity contribution in [1.29, 1.82) is 0 Å². The molecular formula is C16H18N2O2. The molecule has 0 fully saturated rings. The highest BCUT2D eigenvalue weighted by Crippen LogP contribution is 2.23. The van der Waals surface area contributed by atoms with E-state index in [-0.39, 0.29) is 0 Å². The number of carbonyl (C=O) groups excluding carboxylic acids is 1. The highest BCUT2D eigenvalue weighted by atomic mass is 16.5. The number of carbonyl (C=O) groups is 1. The third kappa shape index (κ3) is 3.16. The molecule has 0 heterocycles. The lowest BCUT2D eigenvalue weighted by Crippen LogP contribution is -2.21. The van der Waals surface area contributed by atoms with E-state index in [1.807, 2.05) is 50.2 Å². The van der Waals surface area contributed by atoms with Crippen LogP contribution < -0.4 is 10.8 Å². The van der Waals surface area contributed by atoms with Gasteiger partial charge in [-0.1, -0.05) is 36.4 Å². The summed E-state index contributed by atoms with van der Waals surface area (Å²) in [4.78, 5) is 11.7. The molecule has 0 aliphatic heterocycles. The average Bonchev–Trinajstić information content (AvgIpc) is 2.46. The Kier molecular flexibility index (Phi) is 4.38. The van der Waals surface area contributed by atoms with Gasteiger partial charge in [0.25, 0.3) is 5.91 Å². The fourth-order valence-electron chi connectivity index (χ4n) is 2.23. The second-order valence-corrected chi connectivity index (χ2v) is 4.78. The number of hydrogen-bond donors (Lipinski definition) is 3.